The smallest absolute Gasteiger partial charge is 0.248 e. The van der Waals surface area contributed by atoms with E-state index in [2.05, 4.69) is 20.8 Å². The van der Waals surface area contributed by atoms with Gasteiger partial charge in [0.1, 0.15) is 23.4 Å². The number of amides is 2. The number of carbonyl (C=O) groups excluding carboxylic acids is 2. The van der Waals surface area contributed by atoms with Crippen LogP contribution < -0.4 is 10.6 Å². The standard InChI is InChI=1S/C16H11F2N5O2S/c17-8-3-1-4-9(18)13(8)20-15(25)10-7-12(24)19-16-22-21-14(23(10)16)11-5-2-6-26-11/h1-6,10H,7H2,(H,20,25)(H,19,22,24)/t10-/m0/s1. The maximum atomic E-state index is 13.8. The van der Waals surface area contributed by atoms with Crippen LogP contribution >= 0.6 is 11.3 Å². The van der Waals surface area contributed by atoms with E-state index in [4.69, 9.17) is 0 Å². The molecule has 2 aromatic heterocycles. The lowest BCUT2D eigenvalue weighted by molar-refractivity contribution is -0.125. The molecular weight excluding hydrogens is 364 g/mol. The van der Waals surface area contributed by atoms with Crippen molar-refractivity contribution in [3.63, 3.8) is 0 Å². The zero-order chi connectivity index (χ0) is 18.3. The molecule has 0 saturated heterocycles. The number of rotatable bonds is 3. The van der Waals surface area contributed by atoms with E-state index < -0.39 is 35.2 Å². The first-order valence-corrected chi connectivity index (χ1v) is 8.46. The highest BCUT2D eigenvalue weighted by atomic mass is 32.1. The van der Waals surface area contributed by atoms with Crippen molar-refractivity contribution in [2.45, 2.75) is 12.5 Å². The third-order valence-corrected chi connectivity index (χ3v) is 4.76. The summed E-state index contributed by atoms with van der Waals surface area (Å²) in [5.74, 6) is -2.47. The number of aromatic nitrogens is 3. The van der Waals surface area contributed by atoms with Crippen LogP contribution in [0.5, 0.6) is 0 Å². The van der Waals surface area contributed by atoms with Crippen molar-refractivity contribution in [1.82, 2.24) is 14.8 Å². The number of anilines is 2. The number of nitrogens with zero attached hydrogens (tertiary/aromatic N) is 3. The van der Waals surface area contributed by atoms with Crippen molar-refractivity contribution < 1.29 is 18.4 Å². The fraction of sp³-hybridized carbons (Fsp3) is 0.125. The van der Waals surface area contributed by atoms with Crippen LogP contribution in [-0.4, -0.2) is 26.6 Å². The summed E-state index contributed by atoms with van der Waals surface area (Å²) in [6.07, 6.45) is -0.203. The number of halogens is 2. The molecule has 0 bridgehead atoms. The van der Waals surface area contributed by atoms with Gasteiger partial charge in [0, 0.05) is 0 Å². The maximum absolute atomic E-state index is 13.8. The van der Waals surface area contributed by atoms with Gasteiger partial charge in [-0.05, 0) is 23.6 Å². The van der Waals surface area contributed by atoms with Crippen molar-refractivity contribution in [3.05, 3.63) is 47.3 Å². The fourth-order valence-corrected chi connectivity index (χ4v) is 3.43. The lowest BCUT2D eigenvalue weighted by atomic mass is 10.1. The van der Waals surface area contributed by atoms with Gasteiger partial charge in [0.2, 0.25) is 17.8 Å². The van der Waals surface area contributed by atoms with Gasteiger partial charge >= 0.3 is 0 Å². The second-order valence-electron chi connectivity index (χ2n) is 5.55. The van der Waals surface area contributed by atoms with E-state index in [0.717, 1.165) is 17.0 Å². The Morgan fingerprint density at radius 3 is 2.69 bits per heavy atom. The summed E-state index contributed by atoms with van der Waals surface area (Å²) >= 11 is 1.39. The van der Waals surface area contributed by atoms with Gasteiger partial charge in [0.25, 0.3) is 0 Å². The van der Waals surface area contributed by atoms with Gasteiger partial charge in [-0.1, -0.05) is 12.1 Å². The van der Waals surface area contributed by atoms with Gasteiger partial charge in [0.15, 0.2) is 5.82 Å². The summed E-state index contributed by atoms with van der Waals surface area (Å²) in [6, 6.07) is 5.84. The molecule has 26 heavy (non-hydrogen) atoms. The molecule has 0 radical (unpaired) electrons. The van der Waals surface area contributed by atoms with Crippen LogP contribution in [-0.2, 0) is 9.59 Å². The molecule has 7 nitrogen and oxygen atoms in total. The lowest BCUT2D eigenvalue weighted by Gasteiger charge is -2.25. The van der Waals surface area contributed by atoms with Crippen LogP contribution in [0.1, 0.15) is 12.5 Å². The molecule has 3 heterocycles. The van der Waals surface area contributed by atoms with Crippen molar-refractivity contribution in [2.75, 3.05) is 10.6 Å². The number of fused-ring (bicyclic) bond motifs is 1. The summed E-state index contributed by atoms with van der Waals surface area (Å²) in [7, 11) is 0. The zero-order valence-corrected chi connectivity index (χ0v) is 13.9. The molecule has 0 spiro atoms. The number of para-hydroxylation sites is 1. The van der Waals surface area contributed by atoms with Gasteiger partial charge in [-0.3, -0.25) is 19.5 Å². The van der Waals surface area contributed by atoms with Crippen molar-refractivity contribution in [2.24, 2.45) is 0 Å². The molecule has 0 unspecified atom stereocenters. The molecule has 1 aromatic carbocycles. The lowest BCUT2D eigenvalue weighted by Crippen LogP contribution is -2.36. The summed E-state index contributed by atoms with van der Waals surface area (Å²) < 4.78 is 29.1. The molecule has 1 atom stereocenters. The van der Waals surface area contributed by atoms with Crippen molar-refractivity contribution in [1.29, 1.82) is 0 Å². The number of hydrogen-bond acceptors (Lipinski definition) is 5. The van der Waals surface area contributed by atoms with E-state index in [1.54, 1.807) is 6.07 Å². The average molecular weight is 375 g/mol. The van der Waals surface area contributed by atoms with E-state index in [9.17, 15) is 18.4 Å². The predicted octanol–water partition coefficient (Wildman–Crippen LogP) is 2.81. The van der Waals surface area contributed by atoms with Crippen LogP contribution in [0.15, 0.2) is 35.7 Å². The molecule has 1 aliphatic heterocycles. The minimum Gasteiger partial charge on any atom is -0.319 e. The van der Waals surface area contributed by atoms with Gasteiger partial charge in [-0.15, -0.1) is 21.5 Å². The van der Waals surface area contributed by atoms with E-state index in [1.807, 2.05) is 11.4 Å². The molecule has 2 N–H and O–H groups in total. The second-order valence-corrected chi connectivity index (χ2v) is 6.50. The monoisotopic (exact) mass is 375 g/mol. The normalized spacial score (nSPS) is 16.1. The number of hydrogen-bond donors (Lipinski definition) is 2. The molecule has 1 aliphatic rings. The number of carbonyl (C=O) groups is 2. The molecule has 10 heteroatoms. The molecule has 4 rings (SSSR count). The van der Waals surface area contributed by atoms with Crippen molar-refractivity contribution in [3.8, 4) is 10.7 Å². The Hall–Kier alpha value is -3.14. The number of benzene rings is 1. The highest BCUT2D eigenvalue weighted by Crippen LogP contribution is 2.33. The van der Waals surface area contributed by atoms with Crippen LogP contribution in [0.25, 0.3) is 10.7 Å². The number of nitrogens with one attached hydrogen (secondary N) is 2. The first kappa shape index (κ1) is 16.3. The van der Waals surface area contributed by atoms with Crippen LogP contribution in [0.3, 0.4) is 0 Å². The topological polar surface area (TPSA) is 88.9 Å². The average Bonchev–Trinajstić information content (AvgIpc) is 3.26. The minimum atomic E-state index is -1.04. The third kappa shape index (κ3) is 2.73. The molecule has 132 valence electrons. The zero-order valence-electron chi connectivity index (χ0n) is 13.1. The minimum absolute atomic E-state index is 0.110. The van der Waals surface area contributed by atoms with Gasteiger partial charge in [-0.25, -0.2) is 8.78 Å². The number of thiophene rings is 1. The Balaban J connectivity index is 1.73. The third-order valence-electron chi connectivity index (χ3n) is 3.89. The van der Waals surface area contributed by atoms with Crippen LogP contribution in [0, 0.1) is 11.6 Å². The summed E-state index contributed by atoms with van der Waals surface area (Å²) in [5.41, 5.74) is -0.559. The Morgan fingerprint density at radius 2 is 2.00 bits per heavy atom. The first-order valence-electron chi connectivity index (χ1n) is 7.58. The quantitative estimate of drug-likeness (QED) is 0.737. The summed E-state index contributed by atoms with van der Waals surface area (Å²) in [6.45, 7) is 0. The van der Waals surface area contributed by atoms with Crippen LogP contribution in [0.4, 0.5) is 20.4 Å². The van der Waals surface area contributed by atoms with E-state index in [0.29, 0.717) is 5.82 Å². The SMILES string of the molecule is O=C1C[C@@H](C(=O)Nc2c(F)cccc2F)n2c(nnc2-c2cccs2)N1. The largest absolute Gasteiger partial charge is 0.319 e. The van der Waals surface area contributed by atoms with Crippen LogP contribution in [0.2, 0.25) is 0 Å². The van der Waals surface area contributed by atoms with Gasteiger partial charge in [0.05, 0.1) is 11.3 Å². The molecular formula is C16H11F2N5O2S. The second kappa shape index (κ2) is 6.30. The summed E-state index contributed by atoms with van der Waals surface area (Å²) in [5, 5.41) is 14.5. The highest BCUT2D eigenvalue weighted by molar-refractivity contribution is 7.13. The van der Waals surface area contributed by atoms with Gasteiger partial charge < -0.3 is 5.32 Å². The first-order chi connectivity index (χ1) is 12.5. The molecule has 3 aromatic rings. The van der Waals surface area contributed by atoms with Crippen molar-refractivity contribution >= 4 is 34.8 Å². The Kier molecular flexibility index (Phi) is 3.96. The Morgan fingerprint density at radius 1 is 1.23 bits per heavy atom. The maximum Gasteiger partial charge on any atom is 0.248 e. The highest BCUT2D eigenvalue weighted by Gasteiger charge is 2.35. The predicted molar refractivity (Wildman–Crippen MR) is 90.6 cm³/mol. The summed E-state index contributed by atoms with van der Waals surface area (Å²) in [4.78, 5) is 25.4. The van der Waals surface area contributed by atoms with E-state index in [1.165, 1.54) is 22.0 Å². The molecule has 0 saturated carbocycles. The fourth-order valence-electron chi connectivity index (χ4n) is 2.72. The molecule has 0 fully saturated rings. The van der Waals surface area contributed by atoms with Gasteiger partial charge in [-0.2, -0.15) is 0 Å². The molecule has 2 amide bonds. The van der Waals surface area contributed by atoms with E-state index in [-0.39, 0.29) is 12.4 Å². The molecule has 0 aliphatic carbocycles. The Bertz CT molecular complexity index is 982. The Labute approximate surface area is 149 Å². The van der Waals surface area contributed by atoms with E-state index >= 15 is 0 Å².